The number of halogens is 2. The number of hydrogen-bond acceptors (Lipinski definition) is 7. The summed E-state index contributed by atoms with van der Waals surface area (Å²) in [6, 6.07) is 3.36. The zero-order valence-electron chi connectivity index (χ0n) is 22.8. The third-order valence-electron chi connectivity index (χ3n) is 6.16. The topological polar surface area (TPSA) is 148 Å². The molecule has 0 radical (unpaired) electrons. The molecule has 0 aliphatic rings. The summed E-state index contributed by atoms with van der Waals surface area (Å²) in [6.45, 7) is 10.2. The van der Waals surface area contributed by atoms with Crippen molar-refractivity contribution in [3.8, 4) is 10.4 Å². The molecule has 3 rings (SSSR count). The van der Waals surface area contributed by atoms with Crippen molar-refractivity contribution in [2.24, 2.45) is 23.9 Å². The van der Waals surface area contributed by atoms with Gasteiger partial charge in [0.15, 0.2) is 0 Å². The number of allylic oxidation sites excluding steroid dienone is 3. The molecule has 0 fully saturated rings. The molecular formula is C28H32F2N6O3S. The van der Waals surface area contributed by atoms with Crippen molar-refractivity contribution in [2.75, 3.05) is 10.6 Å². The predicted octanol–water partition coefficient (Wildman–Crippen LogP) is 4.74. The number of nitrogens with zero attached hydrogens (tertiary/aromatic N) is 2. The lowest BCUT2D eigenvalue weighted by Gasteiger charge is -2.23. The molecule has 212 valence electrons. The largest absolute Gasteiger partial charge is 0.386 e. The number of aromatic nitrogens is 2. The Balaban J connectivity index is 1.79. The van der Waals surface area contributed by atoms with Gasteiger partial charge in [-0.1, -0.05) is 18.7 Å². The van der Waals surface area contributed by atoms with Crippen LogP contribution in [0.15, 0.2) is 66.8 Å². The number of aliphatic hydroxyl groups is 1. The first-order valence-electron chi connectivity index (χ1n) is 12.1. The zero-order chi connectivity index (χ0) is 30.0. The van der Waals surface area contributed by atoms with E-state index in [0.29, 0.717) is 11.3 Å². The quantitative estimate of drug-likeness (QED) is 0.222. The predicted molar refractivity (Wildman–Crippen MR) is 153 cm³/mol. The molecule has 40 heavy (non-hydrogen) atoms. The maximum Gasteiger partial charge on any atom is 0.251 e. The SMILES string of the molecule is C=C(/C=C\C=C(/N)Nc1sc(-c2c(F)cc(C(C)(C)O)cc2F)cc1C(N)=O)C(C)(C)C(=O)Nc1cnn(C)c1. The normalized spacial score (nSPS) is 12.6. The lowest BCUT2D eigenvalue weighted by molar-refractivity contribution is -0.122. The monoisotopic (exact) mass is 570 g/mol. The minimum absolute atomic E-state index is 0.0108. The smallest absolute Gasteiger partial charge is 0.251 e. The van der Waals surface area contributed by atoms with Crippen molar-refractivity contribution >= 4 is 33.8 Å². The summed E-state index contributed by atoms with van der Waals surface area (Å²) in [5.74, 6) is -2.81. The van der Waals surface area contributed by atoms with Gasteiger partial charge in [-0.3, -0.25) is 14.3 Å². The zero-order valence-corrected chi connectivity index (χ0v) is 23.6. The van der Waals surface area contributed by atoms with Crippen LogP contribution in [0.2, 0.25) is 0 Å². The third kappa shape index (κ3) is 6.82. The van der Waals surface area contributed by atoms with Gasteiger partial charge in [0.25, 0.3) is 5.91 Å². The Morgan fingerprint density at radius 2 is 1.75 bits per heavy atom. The van der Waals surface area contributed by atoms with Crippen molar-refractivity contribution in [1.82, 2.24) is 9.78 Å². The highest BCUT2D eigenvalue weighted by atomic mass is 32.1. The Labute approximate surface area is 234 Å². The molecule has 3 aromatic rings. The fourth-order valence-electron chi connectivity index (χ4n) is 3.52. The molecule has 0 unspecified atom stereocenters. The number of rotatable bonds is 10. The first-order chi connectivity index (χ1) is 18.5. The van der Waals surface area contributed by atoms with Gasteiger partial charge < -0.3 is 27.2 Å². The Kier molecular flexibility index (Phi) is 8.66. The molecule has 2 amide bonds. The van der Waals surface area contributed by atoms with Gasteiger partial charge in [0, 0.05) is 18.1 Å². The number of aryl methyl sites for hydroxylation is 1. The molecule has 0 aliphatic heterocycles. The third-order valence-corrected chi connectivity index (χ3v) is 7.22. The van der Waals surface area contributed by atoms with Gasteiger partial charge in [0.2, 0.25) is 5.91 Å². The van der Waals surface area contributed by atoms with E-state index in [0.717, 1.165) is 23.5 Å². The average Bonchev–Trinajstić information content (AvgIpc) is 3.43. The van der Waals surface area contributed by atoms with Crippen molar-refractivity contribution in [3.63, 3.8) is 0 Å². The highest BCUT2D eigenvalue weighted by molar-refractivity contribution is 7.19. The summed E-state index contributed by atoms with van der Waals surface area (Å²) in [5.41, 5.74) is 9.89. The molecule has 0 saturated heterocycles. The summed E-state index contributed by atoms with van der Waals surface area (Å²) in [6.07, 6.45) is 7.86. The number of carbonyl (C=O) groups is 2. The summed E-state index contributed by atoms with van der Waals surface area (Å²) in [7, 11) is 1.74. The standard InChI is InChI=1S/C28H32F2N6O3S/c1-15(27(2,3)26(38)34-17-13-33-36(6)14-17)8-7-9-22(31)35-25-18(24(32)37)12-21(40-25)23-19(29)10-16(11-20(23)30)28(4,5)39/h7-14,35,39H,1,31H2,2-6H3,(H2,32,37)(H,34,38)/b8-7-,22-9+. The second-order valence-electron chi connectivity index (χ2n) is 10.2. The molecule has 2 heterocycles. The van der Waals surface area contributed by atoms with Crippen LogP contribution >= 0.6 is 11.3 Å². The van der Waals surface area contributed by atoms with Crippen molar-refractivity contribution in [1.29, 1.82) is 0 Å². The lowest BCUT2D eigenvalue weighted by Crippen LogP contribution is -2.31. The van der Waals surface area contributed by atoms with Crippen molar-refractivity contribution in [2.45, 2.75) is 33.3 Å². The number of anilines is 2. The number of carbonyl (C=O) groups excluding carboxylic acids is 2. The molecular weight excluding hydrogens is 538 g/mol. The number of thiophene rings is 1. The number of nitrogens with one attached hydrogen (secondary N) is 2. The highest BCUT2D eigenvalue weighted by Gasteiger charge is 2.30. The van der Waals surface area contributed by atoms with Gasteiger partial charge in [-0.25, -0.2) is 8.78 Å². The Hall–Kier alpha value is -4.29. The van der Waals surface area contributed by atoms with Gasteiger partial charge in [0.1, 0.15) is 22.5 Å². The van der Waals surface area contributed by atoms with Gasteiger partial charge in [-0.15, -0.1) is 11.3 Å². The Morgan fingerprint density at radius 3 is 2.27 bits per heavy atom. The van der Waals surface area contributed by atoms with E-state index in [9.17, 15) is 23.5 Å². The molecule has 1 aromatic carbocycles. The molecule has 0 spiro atoms. The fourth-order valence-corrected chi connectivity index (χ4v) is 4.65. The fraction of sp³-hybridized carbons (Fsp3) is 0.250. The average molecular weight is 571 g/mol. The molecule has 9 nitrogen and oxygen atoms in total. The van der Waals surface area contributed by atoms with Crippen LogP contribution in [-0.4, -0.2) is 26.7 Å². The minimum atomic E-state index is -1.45. The molecule has 0 saturated carbocycles. The van der Waals surface area contributed by atoms with E-state index in [4.69, 9.17) is 11.5 Å². The van der Waals surface area contributed by atoms with Gasteiger partial charge in [-0.2, -0.15) is 5.10 Å². The number of amides is 2. The van der Waals surface area contributed by atoms with E-state index in [1.807, 2.05) is 0 Å². The highest BCUT2D eigenvalue weighted by Crippen LogP contribution is 2.39. The molecule has 0 aliphatic carbocycles. The lowest BCUT2D eigenvalue weighted by atomic mass is 9.83. The first kappa shape index (κ1) is 30.3. The maximum absolute atomic E-state index is 14.9. The van der Waals surface area contributed by atoms with E-state index in [1.165, 1.54) is 32.2 Å². The summed E-state index contributed by atoms with van der Waals surface area (Å²) >= 11 is 0.885. The van der Waals surface area contributed by atoms with E-state index in [-0.39, 0.29) is 38.3 Å². The van der Waals surface area contributed by atoms with Crippen LogP contribution in [0.1, 0.15) is 43.6 Å². The summed E-state index contributed by atoms with van der Waals surface area (Å²) in [4.78, 5) is 24.9. The summed E-state index contributed by atoms with van der Waals surface area (Å²) < 4.78 is 31.3. The van der Waals surface area contributed by atoms with Crippen LogP contribution in [0.4, 0.5) is 19.5 Å². The van der Waals surface area contributed by atoms with Crippen LogP contribution in [0.5, 0.6) is 0 Å². The maximum atomic E-state index is 14.9. The molecule has 12 heteroatoms. The van der Waals surface area contributed by atoms with Gasteiger partial charge >= 0.3 is 0 Å². The second-order valence-corrected chi connectivity index (χ2v) is 11.3. The number of hydrogen-bond donors (Lipinski definition) is 5. The van der Waals surface area contributed by atoms with Crippen molar-refractivity contribution < 1.29 is 23.5 Å². The molecule has 7 N–H and O–H groups in total. The molecule has 2 aromatic heterocycles. The molecule has 0 bridgehead atoms. The van der Waals surface area contributed by atoms with Crippen LogP contribution < -0.4 is 22.1 Å². The molecule has 0 atom stereocenters. The minimum Gasteiger partial charge on any atom is -0.386 e. The van der Waals surface area contributed by atoms with Gasteiger partial charge in [-0.05, 0) is 63.1 Å². The van der Waals surface area contributed by atoms with Gasteiger partial charge in [0.05, 0.1) is 34.0 Å². The van der Waals surface area contributed by atoms with Crippen LogP contribution in [-0.2, 0) is 17.4 Å². The van der Waals surface area contributed by atoms with Crippen LogP contribution in [0.25, 0.3) is 10.4 Å². The van der Waals surface area contributed by atoms with Crippen LogP contribution in [0, 0.1) is 17.0 Å². The van der Waals surface area contributed by atoms with E-state index in [1.54, 1.807) is 43.9 Å². The second kappa shape index (κ2) is 11.4. The Bertz CT molecular complexity index is 1510. The van der Waals surface area contributed by atoms with Crippen molar-refractivity contribution in [3.05, 3.63) is 89.6 Å². The van der Waals surface area contributed by atoms with Crippen LogP contribution in [0.3, 0.4) is 0 Å². The number of primary amides is 1. The van der Waals surface area contributed by atoms with E-state index in [2.05, 4.69) is 22.3 Å². The number of benzene rings is 1. The Morgan fingerprint density at radius 1 is 1.12 bits per heavy atom. The number of nitrogens with two attached hydrogens (primary N) is 2. The summed E-state index contributed by atoms with van der Waals surface area (Å²) in [5, 5.41) is 19.9. The van der Waals surface area contributed by atoms with E-state index >= 15 is 0 Å². The van der Waals surface area contributed by atoms with E-state index < -0.39 is 28.6 Å². The first-order valence-corrected chi connectivity index (χ1v) is 12.9.